The number of carbonyl (C=O) groups excluding carboxylic acids is 2. The van der Waals surface area contributed by atoms with Crippen LogP contribution in [0.2, 0.25) is 0 Å². The molecule has 2 rings (SSSR count). The van der Waals surface area contributed by atoms with Crippen molar-refractivity contribution in [3.05, 3.63) is 60.2 Å². The van der Waals surface area contributed by atoms with Gasteiger partial charge in [0.25, 0.3) is 5.91 Å². The lowest BCUT2D eigenvalue weighted by atomic mass is 10.2. The first-order valence-corrected chi connectivity index (χ1v) is 7.87. The number of carbonyl (C=O) groups is 2. The Kier molecular flexibility index (Phi) is 6.42. The van der Waals surface area contributed by atoms with Gasteiger partial charge in [0.1, 0.15) is 5.82 Å². The summed E-state index contributed by atoms with van der Waals surface area (Å²) in [6.07, 6.45) is 5.79. The van der Waals surface area contributed by atoms with Gasteiger partial charge in [0.05, 0.1) is 6.54 Å². The second kappa shape index (κ2) is 8.76. The number of pyridine rings is 1. The molecule has 0 spiro atoms. The number of aryl methyl sites for hydroxylation is 1. The van der Waals surface area contributed by atoms with Crippen molar-refractivity contribution in [2.75, 3.05) is 11.9 Å². The Morgan fingerprint density at radius 3 is 2.33 bits per heavy atom. The normalized spacial score (nSPS) is 10.2. The fraction of sp³-hybridized carbons (Fsp3) is 0.278. The topological polar surface area (TPSA) is 62.1 Å². The maximum Gasteiger partial charge on any atom is 0.286 e. The van der Waals surface area contributed by atoms with E-state index in [-0.39, 0.29) is 30.7 Å². The standard InChI is InChI=1S/C18H20FN3O2/c1-2-3-14-8-10-22(11-9-14)13-18(24)20-12-17(23)21-16-6-4-15(19)5-7-16/h4-11H,2-3,12-13H2,1H3,(H-,20,21,23,24)/p+1. The fourth-order valence-electron chi connectivity index (χ4n) is 2.19. The van der Waals surface area contributed by atoms with Gasteiger partial charge in [-0.15, -0.1) is 0 Å². The van der Waals surface area contributed by atoms with Crippen molar-refractivity contribution in [3.63, 3.8) is 0 Å². The van der Waals surface area contributed by atoms with Crippen molar-refractivity contribution in [2.45, 2.75) is 26.3 Å². The summed E-state index contributed by atoms with van der Waals surface area (Å²) in [4.78, 5) is 23.6. The zero-order chi connectivity index (χ0) is 17.4. The highest BCUT2D eigenvalue weighted by molar-refractivity contribution is 5.94. The Morgan fingerprint density at radius 2 is 1.71 bits per heavy atom. The second-order valence-corrected chi connectivity index (χ2v) is 5.46. The monoisotopic (exact) mass is 330 g/mol. The van der Waals surface area contributed by atoms with Crippen molar-refractivity contribution in [3.8, 4) is 0 Å². The molecule has 0 atom stereocenters. The van der Waals surface area contributed by atoms with E-state index < -0.39 is 0 Å². The molecule has 2 amide bonds. The highest BCUT2D eigenvalue weighted by Gasteiger charge is 2.11. The molecule has 0 radical (unpaired) electrons. The molecule has 0 fully saturated rings. The van der Waals surface area contributed by atoms with E-state index in [2.05, 4.69) is 17.6 Å². The molecule has 1 aromatic heterocycles. The predicted octanol–water partition coefficient (Wildman–Crippen LogP) is 1.82. The summed E-state index contributed by atoms with van der Waals surface area (Å²) < 4.78 is 14.5. The number of nitrogens with one attached hydrogen (secondary N) is 2. The maximum atomic E-state index is 12.8. The third-order valence-corrected chi connectivity index (χ3v) is 3.40. The first-order valence-electron chi connectivity index (χ1n) is 7.87. The maximum absolute atomic E-state index is 12.8. The molecule has 24 heavy (non-hydrogen) atoms. The highest BCUT2D eigenvalue weighted by Crippen LogP contribution is 2.07. The molecular formula is C18H21FN3O2+. The van der Waals surface area contributed by atoms with Crippen molar-refractivity contribution in [2.24, 2.45) is 0 Å². The van der Waals surface area contributed by atoms with Gasteiger partial charge in [-0.25, -0.2) is 4.39 Å². The van der Waals surface area contributed by atoms with E-state index in [9.17, 15) is 14.0 Å². The van der Waals surface area contributed by atoms with Crippen LogP contribution in [0.5, 0.6) is 0 Å². The molecule has 0 aliphatic heterocycles. The third-order valence-electron chi connectivity index (χ3n) is 3.40. The summed E-state index contributed by atoms with van der Waals surface area (Å²) in [6, 6.07) is 9.40. The number of rotatable bonds is 7. The Morgan fingerprint density at radius 1 is 1.04 bits per heavy atom. The van der Waals surface area contributed by atoms with Crippen LogP contribution in [0.25, 0.3) is 0 Å². The first-order chi connectivity index (χ1) is 11.6. The Balaban J connectivity index is 1.75. The van der Waals surface area contributed by atoms with Gasteiger partial charge in [0.2, 0.25) is 12.5 Å². The summed E-state index contributed by atoms with van der Waals surface area (Å²) >= 11 is 0. The van der Waals surface area contributed by atoms with Crippen molar-refractivity contribution in [1.82, 2.24) is 5.32 Å². The summed E-state index contributed by atoms with van der Waals surface area (Å²) in [5.74, 6) is -0.987. The van der Waals surface area contributed by atoms with Gasteiger partial charge >= 0.3 is 0 Å². The molecule has 0 saturated carbocycles. The zero-order valence-corrected chi connectivity index (χ0v) is 13.6. The van der Waals surface area contributed by atoms with E-state index in [0.717, 1.165) is 12.8 Å². The number of hydrogen-bond acceptors (Lipinski definition) is 2. The number of anilines is 1. The molecule has 5 nitrogen and oxygen atoms in total. The van der Waals surface area contributed by atoms with E-state index >= 15 is 0 Å². The first kappa shape index (κ1) is 17.6. The largest absolute Gasteiger partial charge is 0.342 e. The van der Waals surface area contributed by atoms with Crippen LogP contribution in [-0.4, -0.2) is 18.4 Å². The lowest BCUT2D eigenvalue weighted by Crippen LogP contribution is -2.44. The predicted molar refractivity (Wildman–Crippen MR) is 88.7 cm³/mol. The van der Waals surface area contributed by atoms with Crippen LogP contribution >= 0.6 is 0 Å². The summed E-state index contributed by atoms with van der Waals surface area (Å²) in [7, 11) is 0. The molecular weight excluding hydrogens is 309 g/mol. The van der Waals surface area contributed by atoms with Crippen LogP contribution in [-0.2, 0) is 22.6 Å². The Hall–Kier alpha value is -2.76. The Labute approximate surface area is 140 Å². The van der Waals surface area contributed by atoms with Crippen LogP contribution in [0, 0.1) is 5.82 Å². The van der Waals surface area contributed by atoms with Crippen molar-refractivity contribution < 1.29 is 18.5 Å². The highest BCUT2D eigenvalue weighted by atomic mass is 19.1. The number of nitrogens with zero attached hydrogens (tertiary/aromatic N) is 1. The number of benzene rings is 1. The van der Waals surface area contributed by atoms with Gasteiger partial charge in [-0.2, -0.15) is 4.57 Å². The quantitative estimate of drug-likeness (QED) is 0.761. The number of halogens is 1. The Bertz CT molecular complexity index is 684. The van der Waals surface area contributed by atoms with Crippen LogP contribution < -0.4 is 15.2 Å². The average Bonchev–Trinajstić information content (AvgIpc) is 2.57. The smallest absolute Gasteiger partial charge is 0.286 e. The summed E-state index contributed by atoms with van der Waals surface area (Å²) in [5.41, 5.74) is 1.71. The van der Waals surface area contributed by atoms with Gasteiger partial charge in [-0.1, -0.05) is 13.3 Å². The number of aromatic nitrogens is 1. The van der Waals surface area contributed by atoms with Crippen LogP contribution in [0.3, 0.4) is 0 Å². The minimum atomic E-state index is -0.372. The molecule has 6 heteroatoms. The molecule has 2 N–H and O–H groups in total. The fourth-order valence-corrected chi connectivity index (χ4v) is 2.19. The summed E-state index contributed by atoms with van der Waals surface area (Å²) in [6.45, 7) is 2.13. The van der Waals surface area contributed by atoms with Gasteiger partial charge in [-0.05, 0) is 36.2 Å². The minimum absolute atomic E-state index is 0.134. The lowest BCUT2D eigenvalue weighted by Gasteiger charge is -2.06. The third kappa shape index (κ3) is 5.79. The molecule has 1 heterocycles. The number of hydrogen-bond donors (Lipinski definition) is 2. The molecule has 126 valence electrons. The van der Waals surface area contributed by atoms with E-state index in [0.29, 0.717) is 5.69 Å². The van der Waals surface area contributed by atoms with E-state index in [1.54, 1.807) is 4.57 Å². The van der Waals surface area contributed by atoms with Gasteiger partial charge in [0.15, 0.2) is 12.4 Å². The van der Waals surface area contributed by atoms with Gasteiger partial charge < -0.3 is 10.6 Å². The van der Waals surface area contributed by atoms with Crippen LogP contribution in [0.1, 0.15) is 18.9 Å². The molecule has 2 aromatic rings. The molecule has 1 aromatic carbocycles. The second-order valence-electron chi connectivity index (χ2n) is 5.46. The van der Waals surface area contributed by atoms with Crippen LogP contribution in [0.15, 0.2) is 48.8 Å². The number of amides is 2. The van der Waals surface area contributed by atoms with E-state index in [1.807, 2.05) is 24.5 Å². The summed E-state index contributed by atoms with van der Waals surface area (Å²) in [5, 5.41) is 5.14. The van der Waals surface area contributed by atoms with Crippen LogP contribution in [0.4, 0.5) is 10.1 Å². The van der Waals surface area contributed by atoms with Gasteiger partial charge in [-0.3, -0.25) is 9.59 Å². The molecule has 0 aliphatic carbocycles. The van der Waals surface area contributed by atoms with Crippen molar-refractivity contribution >= 4 is 17.5 Å². The minimum Gasteiger partial charge on any atom is -0.342 e. The van der Waals surface area contributed by atoms with Crippen molar-refractivity contribution in [1.29, 1.82) is 0 Å². The SMILES string of the molecule is CCCc1cc[n+](CC(=O)NCC(=O)Nc2ccc(F)cc2)cc1. The molecule has 0 aliphatic rings. The average molecular weight is 330 g/mol. The zero-order valence-electron chi connectivity index (χ0n) is 13.6. The lowest BCUT2D eigenvalue weighted by molar-refractivity contribution is -0.684. The van der Waals surface area contributed by atoms with Gasteiger partial charge in [0, 0.05) is 17.8 Å². The molecule has 0 bridgehead atoms. The molecule has 0 unspecified atom stereocenters. The molecule has 0 saturated heterocycles. The van der Waals surface area contributed by atoms with E-state index in [1.165, 1.54) is 29.8 Å². The van der Waals surface area contributed by atoms with E-state index in [4.69, 9.17) is 0 Å².